The first-order chi connectivity index (χ1) is 7.81. The van der Waals surface area contributed by atoms with E-state index in [0.29, 0.717) is 5.95 Å². The summed E-state index contributed by atoms with van der Waals surface area (Å²) < 4.78 is 1.00. The molecule has 0 aliphatic rings. The Kier molecular flexibility index (Phi) is 4.01. The van der Waals surface area contributed by atoms with Crippen molar-refractivity contribution in [1.82, 2.24) is 9.97 Å². The second kappa shape index (κ2) is 5.50. The summed E-state index contributed by atoms with van der Waals surface area (Å²) >= 11 is 5.29. The smallest absolute Gasteiger partial charge is 0.223 e. The topological polar surface area (TPSA) is 37.8 Å². The Morgan fingerprint density at radius 2 is 2.31 bits per heavy atom. The van der Waals surface area contributed by atoms with Gasteiger partial charge in [-0.2, -0.15) is 11.8 Å². The van der Waals surface area contributed by atoms with E-state index < -0.39 is 0 Å². The lowest BCUT2D eigenvalue weighted by atomic mass is 10.2. The van der Waals surface area contributed by atoms with E-state index in [1.807, 2.05) is 24.4 Å². The van der Waals surface area contributed by atoms with Gasteiger partial charge in [-0.15, -0.1) is 0 Å². The van der Waals surface area contributed by atoms with Crippen LogP contribution in [0.3, 0.4) is 0 Å². The summed E-state index contributed by atoms with van der Waals surface area (Å²) in [5.41, 5.74) is 0.948. The Morgan fingerprint density at radius 3 is 3.12 bits per heavy atom. The number of hydrogen-bond donors (Lipinski definition) is 1. The number of halogens is 1. The molecule has 0 atom stereocenters. The number of hydrogen-bond acceptors (Lipinski definition) is 4. The predicted octanol–water partition coefficient (Wildman–Crippen LogP) is 3.17. The van der Waals surface area contributed by atoms with Crippen LogP contribution in [0.2, 0.25) is 0 Å². The largest absolute Gasteiger partial charge is 0.353 e. The first-order valence-corrected chi connectivity index (χ1v) is 7.14. The number of thioether (sulfide) groups is 1. The van der Waals surface area contributed by atoms with E-state index in [1.54, 1.807) is 11.8 Å². The fourth-order valence-corrected chi connectivity index (χ4v) is 2.15. The highest BCUT2D eigenvalue weighted by Gasteiger charge is 2.02. The van der Waals surface area contributed by atoms with Crippen molar-refractivity contribution in [3.8, 4) is 0 Å². The van der Waals surface area contributed by atoms with Gasteiger partial charge in [-0.25, -0.2) is 9.97 Å². The second-order valence-corrected chi connectivity index (χ2v) is 5.13. The Morgan fingerprint density at radius 1 is 1.44 bits per heavy atom. The lowest BCUT2D eigenvalue weighted by Crippen LogP contribution is -2.07. The van der Waals surface area contributed by atoms with Gasteiger partial charge in [0.25, 0.3) is 0 Å². The standard InChI is InChI=1S/C11H12BrN3S/c1-16-6-5-13-11-14-7-8-3-2-4-9(12)10(8)15-11/h2-4,7H,5-6H2,1H3,(H,13,14,15). The molecule has 16 heavy (non-hydrogen) atoms. The number of fused-ring (bicyclic) bond motifs is 1. The molecule has 84 valence electrons. The Bertz CT molecular complexity index is 490. The first kappa shape index (κ1) is 11.7. The molecule has 3 nitrogen and oxygen atoms in total. The number of nitrogens with zero attached hydrogens (tertiary/aromatic N) is 2. The van der Waals surface area contributed by atoms with E-state index in [0.717, 1.165) is 27.7 Å². The summed E-state index contributed by atoms with van der Waals surface area (Å²) in [6, 6.07) is 5.98. The fourth-order valence-electron chi connectivity index (χ4n) is 1.37. The van der Waals surface area contributed by atoms with Crippen LogP contribution in [0.25, 0.3) is 10.9 Å². The van der Waals surface area contributed by atoms with Gasteiger partial charge in [0, 0.05) is 28.4 Å². The molecule has 0 fully saturated rings. The molecule has 2 rings (SSSR count). The zero-order valence-corrected chi connectivity index (χ0v) is 11.3. The molecule has 0 radical (unpaired) electrons. The molecule has 1 heterocycles. The maximum absolute atomic E-state index is 4.47. The van der Waals surface area contributed by atoms with Crippen molar-refractivity contribution in [2.24, 2.45) is 0 Å². The SMILES string of the molecule is CSCCNc1ncc2cccc(Br)c2n1. The normalized spacial score (nSPS) is 10.6. The maximum Gasteiger partial charge on any atom is 0.223 e. The van der Waals surface area contributed by atoms with Gasteiger partial charge in [0.1, 0.15) is 0 Å². The summed E-state index contributed by atoms with van der Waals surface area (Å²) in [6.07, 6.45) is 3.92. The molecular formula is C11H12BrN3S. The molecule has 1 N–H and O–H groups in total. The third-order valence-corrected chi connectivity index (χ3v) is 3.40. The number of aromatic nitrogens is 2. The van der Waals surface area contributed by atoms with Crippen LogP contribution in [0.5, 0.6) is 0 Å². The molecule has 0 amide bonds. The van der Waals surface area contributed by atoms with Crippen LogP contribution in [-0.2, 0) is 0 Å². The summed E-state index contributed by atoms with van der Waals surface area (Å²) in [7, 11) is 0. The van der Waals surface area contributed by atoms with Crippen LogP contribution in [0.15, 0.2) is 28.9 Å². The van der Waals surface area contributed by atoms with Crippen molar-refractivity contribution in [3.63, 3.8) is 0 Å². The van der Waals surface area contributed by atoms with Crippen molar-refractivity contribution in [1.29, 1.82) is 0 Å². The lowest BCUT2D eigenvalue weighted by Gasteiger charge is -2.05. The lowest BCUT2D eigenvalue weighted by molar-refractivity contribution is 1.12. The third-order valence-electron chi connectivity index (χ3n) is 2.15. The van der Waals surface area contributed by atoms with Crippen LogP contribution in [0.4, 0.5) is 5.95 Å². The molecule has 1 aromatic carbocycles. The van der Waals surface area contributed by atoms with Gasteiger partial charge < -0.3 is 5.32 Å². The Balaban J connectivity index is 2.25. The third kappa shape index (κ3) is 2.65. The molecule has 1 aromatic heterocycles. The molecule has 0 saturated heterocycles. The van der Waals surface area contributed by atoms with E-state index in [2.05, 4.69) is 37.5 Å². The van der Waals surface area contributed by atoms with Gasteiger partial charge >= 0.3 is 0 Å². The molecule has 0 saturated carbocycles. The van der Waals surface area contributed by atoms with Crippen molar-refractivity contribution in [2.75, 3.05) is 23.9 Å². The number of nitrogens with one attached hydrogen (secondary N) is 1. The average molecular weight is 298 g/mol. The zero-order valence-electron chi connectivity index (χ0n) is 8.90. The molecule has 0 unspecified atom stereocenters. The summed E-state index contributed by atoms with van der Waals surface area (Å²) in [5, 5.41) is 4.25. The minimum Gasteiger partial charge on any atom is -0.353 e. The van der Waals surface area contributed by atoms with Gasteiger partial charge in [-0.1, -0.05) is 12.1 Å². The monoisotopic (exact) mass is 297 g/mol. The van der Waals surface area contributed by atoms with Gasteiger partial charge in [-0.3, -0.25) is 0 Å². The summed E-state index contributed by atoms with van der Waals surface area (Å²) in [5.74, 6) is 1.74. The van der Waals surface area contributed by atoms with Crippen LogP contribution < -0.4 is 5.32 Å². The van der Waals surface area contributed by atoms with Crippen LogP contribution in [-0.4, -0.2) is 28.5 Å². The predicted molar refractivity (Wildman–Crippen MR) is 74.1 cm³/mol. The second-order valence-electron chi connectivity index (χ2n) is 3.29. The minimum atomic E-state index is 0.688. The molecule has 0 bridgehead atoms. The van der Waals surface area contributed by atoms with E-state index in [1.165, 1.54) is 0 Å². The van der Waals surface area contributed by atoms with Gasteiger partial charge in [0.2, 0.25) is 5.95 Å². The summed E-state index contributed by atoms with van der Waals surface area (Å²) in [6.45, 7) is 0.886. The van der Waals surface area contributed by atoms with E-state index in [4.69, 9.17) is 0 Å². The molecule has 0 aliphatic carbocycles. The molecular weight excluding hydrogens is 286 g/mol. The number of anilines is 1. The number of benzene rings is 1. The summed E-state index contributed by atoms with van der Waals surface area (Å²) in [4.78, 5) is 8.74. The highest BCUT2D eigenvalue weighted by atomic mass is 79.9. The molecule has 0 aliphatic heterocycles. The van der Waals surface area contributed by atoms with Crippen LogP contribution in [0, 0.1) is 0 Å². The highest BCUT2D eigenvalue weighted by molar-refractivity contribution is 9.10. The van der Waals surface area contributed by atoms with Gasteiger partial charge in [0.15, 0.2) is 0 Å². The molecule has 5 heteroatoms. The van der Waals surface area contributed by atoms with E-state index >= 15 is 0 Å². The number of rotatable bonds is 4. The zero-order chi connectivity index (χ0) is 11.4. The van der Waals surface area contributed by atoms with Gasteiger partial charge in [0.05, 0.1) is 5.52 Å². The molecule has 2 aromatic rings. The van der Waals surface area contributed by atoms with Crippen LogP contribution >= 0.6 is 27.7 Å². The molecule has 0 spiro atoms. The average Bonchev–Trinajstić information content (AvgIpc) is 2.30. The van der Waals surface area contributed by atoms with Crippen molar-refractivity contribution >= 4 is 44.5 Å². The van der Waals surface area contributed by atoms with Crippen molar-refractivity contribution < 1.29 is 0 Å². The van der Waals surface area contributed by atoms with Crippen LogP contribution in [0.1, 0.15) is 0 Å². The number of para-hydroxylation sites is 1. The van der Waals surface area contributed by atoms with Crippen molar-refractivity contribution in [3.05, 3.63) is 28.9 Å². The first-order valence-electron chi connectivity index (χ1n) is 4.95. The fraction of sp³-hybridized carbons (Fsp3) is 0.273. The Hall–Kier alpha value is -0.810. The maximum atomic E-state index is 4.47. The van der Waals surface area contributed by atoms with E-state index in [-0.39, 0.29) is 0 Å². The minimum absolute atomic E-state index is 0.688. The van der Waals surface area contributed by atoms with Crippen molar-refractivity contribution in [2.45, 2.75) is 0 Å². The quantitative estimate of drug-likeness (QED) is 0.880. The Labute approximate surface area is 107 Å². The van der Waals surface area contributed by atoms with E-state index in [9.17, 15) is 0 Å². The highest BCUT2D eigenvalue weighted by Crippen LogP contribution is 2.21. The van der Waals surface area contributed by atoms with Gasteiger partial charge in [-0.05, 0) is 28.3 Å².